The van der Waals surface area contributed by atoms with E-state index in [-0.39, 0.29) is 5.92 Å². The molecule has 0 amide bonds. The van der Waals surface area contributed by atoms with Gasteiger partial charge in [0.2, 0.25) is 0 Å². The van der Waals surface area contributed by atoms with Crippen molar-refractivity contribution in [2.45, 2.75) is 30.5 Å². The van der Waals surface area contributed by atoms with Crippen LogP contribution in [-0.2, 0) is 4.74 Å². The Kier molecular flexibility index (Phi) is 1.88. The number of allylic oxidation sites excluding steroid dienone is 1. The highest BCUT2D eigenvalue weighted by Gasteiger charge is 2.85. The highest BCUT2D eigenvalue weighted by molar-refractivity contribution is 5.26. The van der Waals surface area contributed by atoms with Crippen molar-refractivity contribution in [1.29, 1.82) is 0 Å². The van der Waals surface area contributed by atoms with E-state index in [2.05, 4.69) is 4.74 Å². The fraction of sp³-hybridized carbons (Fsp3) is 0.800. The van der Waals surface area contributed by atoms with E-state index in [1.807, 2.05) is 0 Å². The van der Waals surface area contributed by atoms with E-state index >= 15 is 0 Å². The topological polar surface area (TPSA) is 9.23 Å². The molecule has 2 fully saturated rings. The van der Waals surface area contributed by atoms with Gasteiger partial charge in [-0.05, 0) is 12.3 Å². The molecule has 1 nitrogen and oxygen atoms in total. The van der Waals surface area contributed by atoms with Crippen LogP contribution >= 0.6 is 0 Å². The van der Waals surface area contributed by atoms with E-state index in [0.29, 0.717) is 6.42 Å². The Hall–Kier alpha value is -0.720. The SMILES string of the molecule is FC(F)(F)C1(C(F)(F)F)OC2C3C=CC(C3)C21. The third-order valence-corrected chi connectivity index (χ3v) is 4.02. The number of hydrogen-bond acceptors (Lipinski definition) is 1. The lowest BCUT2D eigenvalue weighted by molar-refractivity contribution is -0.466. The summed E-state index contributed by atoms with van der Waals surface area (Å²) < 4.78 is 80.8. The van der Waals surface area contributed by atoms with Crippen LogP contribution in [0.5, 0.6) is 0 Å². The number of hydrogen-bond donors (Lipinski definition) is 0. The second-order valence-electron chi connectivity index (χ2n) is 4.79. The third-order valence-electron chi connectivity index (χ3n) is 4.02. The van der Waals surface area contributed by atoms with Crippen LogP contribution in [0.1, 0.15) is 6.42 Å². The number of halogens is 6. The normalized spacial score (nSPS) is 42.5. The first-order chi connectivity index (χ1) is 7.68. The molecular weight excluding hydrogens is 250 g/mol. The molecule has 1 saturated heterocycles. The van der Waals surface area contributed by atoms with Crippen molar-refractivity contribution in [3.63, 3.8) is 0 Å². The van der Waals surface area contributed by atoms with E-state index in [9.17, 15) is 26.3 Å². The summed E-state index contributed by atoms with van der Waals surface area (Å²) >= 11 is 0. The molecule has 96 valence electrons. The summed E-state index contributed by atoms with van der Waals surface area (Å²) in [4.78, 5) is 0. The van der Waals surface area contributed by atoms with Crippen LogP contribution in [0, 0.1) is 17.8 Å². The summed E-state index contributed by atoms with van der Waals surface area (Å²) in [5.41, 5.74) is -3.95. The molecule has 3 aliphatic rings. The van der Waals surface area contributed by atoms with Crippen molar-refractivity contribution in [3.8, 4) is 0 Å². The lowest BCUT2D eigenvalue weighted by Gasteiger charge is -2.55. The largest absolute Gasteiger partial charge is 0.426 e. The van der Waals surface area contributed by atoms with Crippen molar-refractivity contribution < 1.29 is 31.1 Å². The Balaban J connectivity index is 2.03. The highest BCUT2D eigenvalue weighted by atomic mass is 19.4. The molecule has 2 bridgehead atoms. The van der Waals surface area contributed by atoms with Crippen molar-refractivity contribution in [1.82, 2.24) is 0 Å². The molecule has 0 aromatic heterocycles. The van der Waals surface area contributed by atoms with Crippen LogP contribution in [0.25, 0.3) is 0 Å². The fourth-order valence-corrected chi connectivity index (χ4v) is 3.36. The fourth-order valence-electron chi connectivity index (χ4n) is 3.36. The van der Waals surface area contributed by atoms with Gasteiger partial charge in [-0.15, -0.1) is 0 Å². The first kappa shape index (κ1) is 11.4. The Labute approximate surface area is 92.4 Å². The Bertz CT molecular complexity index is 367. The van der Waals surface area contributed by atoms with Gasteiger partial charge in [0.05, 0.1) is 6.10 Å². The van der Waals surface area contributed by atoms with Crippen LogP contribution in [0.4, 0.5) is 26.3 Å². The van der Waals surface area contributed by atoms with Crippen LogP contribution in [0.15, 0.2) is 12.2 Å². The lowest BCUT2D eigenvalue weighted by Crippen LogP contribution is -2.75. The van der Waals surface area contributed by atoms with Crippen molar-refractivity contribution >= 4 is 0 Å². The minimum Gasteiger partial charge on any atom is -0.353 e. The van der Waals surface area contributed by atoms with Crippen LogP contribution in [-0.4, -0.2) is 24.1 Å². The smallest absolute Gasteiger partial charge is 0.353 e. The molecule has 1 saturated carbocycles. The van der Waals surface area contributed by atoms with Gasteiger partial charge in [-0.2, -0.15) is 26.3 Å². The van der Waals surface area contributed by atoms with Crippen molar-refractivity contribution in [2.24, 2.45) is 17.8 Å². The molecule has 0 aromatic carbocycles. The van der Waals surface area contributed by atoms with E-state index in [4.69, 9.17) is 0 Å². The van der Waals surface area contributed by atoms with Gasteiger partial charge in [0.25, 0.3) is 5.60 Å². The average Bonchev–Trinajstić information content (AvgIpc) is 2.53. The summed E-state index contributed by atoms with van der Waals surface area (Å²) in [6, 6.07) is 0. The Morgan fingerprint density at radius 1 is 0.941 bits per heavy atom. The monoisotopic (exact) mass is 258 g/mol. The maximum Gasteiger partial charge on any atom is 0.426 e. The molecule has 7 heteroatoms. The molecule has 0 radical (unpaired) electrons. The van der Waals surface area contributed by atoms with Crippen LogP contribution < -0.4 is 0 Å². The third kappa shape index (κ3) is 1.11. The Morgan fingerprint density at radius 3 is 1.94 bits per heavy atom. The molecule has 4 unspecified atom stereocenters. The van der Waals surface area contributed by atoms with E-state index in [1.165, 1.54) is 6.08 Å². The number of ether oxygens (including phenoxy) is 1. The van der Waals surface area contributed by atoms with Crippen molar-refractivity contribution in [3.05, 3.63) is 12.2 Å². The summed E-state index contributed by atoms with van der Waals surface area (Å²) in [5.74, 6) is -2.46. The van der Waals surface area contributed by atoms with Gasteiger partial charge in [-0.25, -0.2) is 0 Å². The summed E-state index contributed by atoms with van der Waals surface area (Å²) in [6.07, 6.45) is -8.30. The lowest BCUT2D eigenvalue weighted by atomic mass is 9.70. The van der Waals surface area contributed by atoms with Crippen LogP contribution in [0.3, 0.4) is 0 Å². The average molecular weight is 258 g/mol. The quantitative estimate of drug-likeness (QED) is 0.479. The minimum atomic E-state index is -5.41. The van der Waals surface area contributed by atoms with Gasteiger partial charge in [0.15, 0.2) is 0 Å². The second-order valence-corrected chi connectivity index (χ2v) is 4.79. The van der Waals surface area contributed by atoms with Gasteiger partial charge in [-0.1, -0.05) is 12.2 Å². The zero-order valence-corrected chi connectivity index (χ0v) is 8.35. The first-order valence-corrected chi connectivity index (χ1v) is 5.18. The zero-order valence-electron chi connectivity index (χ0n) is 8.35. The molecule has 0 spiro atoms. The van der Waals surface area contributed by atoms with Gasteiger partial charge in [-0.3, -0.25) is 0 Å². The first-order valence-electron chi connectivity index (χ1n) is 5.18. The minimum absolute atomic E-state index is 0.289. The maximum absolute atomic E-state index is 12.7. The molecule has 2 aliphatic carbocycles. The number of alkyl halides is 6. The number of rotatable bonds is 0. The van der Waals surface area contributed by atoms with Gasteiger partial charge < -0.3 is 4.74 Å². The molecule has 17 heavy (non-hydrogen) atoms. The summed E-state index contributed by atoms with van der Waals surface area (Å²) in [5, 5.41) is 0. The highest BCUT2D eigenvalue weighted by Crippen LogP contribution is 2.67. The van der Waals surface area contributed by atoms with Gasteiger partial charge in [0, 0.05) is 11.8 Å². The summed E-state index contributed by atoms with van der Waals surface area (Å²) in [7, 11) is 0. The zero-order chi connectivity index (χ0) is 12.6. The van der Waals surface area contributed by atoms with Gasteiger partial charge in [0.1, 0.15) is 0 Å². The molecule has 0 aromatic rings. The molecule has 1 heterocycles. The molecule has 1 aliphatic heterocycles. The van der Waals surface area contributed by atoms with E-state index in [0.717, 1.165) is 0 Å². The van der Waals surface area contributed by atoms with Gasteiger partial charge >= 0.3 is 12.4 Å². The molecule has 4 atom stereocenters. The molecule has 0 N–H and O–H groups in total. The molecular formula is C10H8F6O. The predicted molar refractivity (Wildman–Crippen MR) is 43.9 cm³/mol. The standard InChI is InChI=1S/C10H8F6O/c11-9(12,13)8(10(14,15)16)6-4-1-2-5(3-4)7(6)17-8/h1-2,4-7H,3H2. The van der Waals surface area contributed by atoms with E-state index in [1.54, 1.807) is 6.08 Å². The summed E-state index contributed by atoms with van der Waals surface area (Å²) in [6.45, 7) is 0. The second kappa shape index (κ2) is 2.81. The maximum atomic E-state index is 12.7. The van der Waals surface area contributed by atoms with E-state index < -0.39 is 35.9 Å². The molecule has 3 rings (SSSR count). The van der Waals surface area contributed by atoms with Crippen molar-refractivity contribution in [2.75, 3.05) is 0 Å². The van der Waals surface area contributed by atoms with Crippen LogP contribution in [0.2, 0.25) is 0 Å². The number of fused-ring (bicyclic) bond motifs is 5. The Morgan fingerprint density at radius 2 is 1.47 bits per heavy atom. The predicted octanol–water partition coefficient (Wildman–Crippen LogP) is 3.07.